The van der Waals surface area contributed by atoms with Gasteiger partial charge >= 0.3 is 0 Å². The van der Waals surface area contributed by atoms with E-state index in [0.29, 0.717) is 6.54 Å². The molecule has 0 radical (unpaired) electrons. The summed E-state index contributed by atoms with van der Waals surface area (Å²) in [5.41, 5.74) is 8.69. The highest BCUT2D eigenvalue weighted by atomic mass is 79.9. The SMILES string of the molecule is CN(Cc1c(N)cccc1Br)c1ccc(F)cc1. The monoisotopic (exact) mass is 308 g/mol. The van der Waals surface area contributed by atoms with Crippen LogP contribution in [0.25, 0.3) is 0 Å². The minimum absolute atomic E-state index is 0.229. The number of hydrogen-bond acceptors (Lipinski definition) is 2. The van der Waals surface area contributed by atoms with Crippen molar-refractivity contribution in [2.45, 2.75) is 6.54 Å². The van der Waals surface area contributed by atoms with E-state index in [1.807, 2.05) is 30.1 Å². The number of anilines is 2. The molecule has 94 valence electrons. The lowest BCUT2D eigenvalue weighted by Gasteiger charge is -2.21. The first-order chi connectivity index (χ1) is 8.58. The molecule has 2 aromatic rings. The third-order valence-corrected chi connectivity index (χ3v) is 3.56. The van der Waals surface area contributed by atoms with Gasteiger partial charge in [-0.15, -0.1) is 0 Å². The van der Waals surface area contributed by atoms with Crippen LogP contribution >= 0.6 is 15.9 Å². The summed E-state index contributed by atoms with van der Waals surface area (Å²) >= 11 is 3.49. The van der Waals surface area contributed by atoms with Gasteiger partial charge in [0.05, 0.1) is 0 Å². The van der Waals surface area contributed by atoms with Crippen molar-refractivity contribution in [3.05, 3.63) is 58.3 Å². The van der Waals surface area contributed by atoms with E-state index in [1.54, 1.807) is 12.1 Å². The van der Waals surface area contributed by atoms with Crippen LogP contribution in [0.2, 0.25) is 0 Å². The molecule has 0 unspecified atom stereocenters. The van der Waals surface area contributed by atoms with E-state index in [1.165, 1.54) is 12.1 Å². The Hall–Kier alpha value is -1.55. The number of hydrogen-bond donors (Lipinski definition) is 1. The Morgan fingerprint density at radius 3 is 2.44 bits per heavy atom. The lowest BCUT2D eigenvalue weighted by molar-refractivity contribution is 0.627. The maximum Gasteiger partial charge on any atom is 0.123 e. The summed E-state index contributed by atoms with van der Waals surface area (Å²) in [6.45, 7) is 0.666. The van der Waals surface area contributed by atoms with Crippen LogP contribution in [-0.2, 0) is 6.54 Å². The Kier molecular flexibility index (Phi) is 3.87. The highest BCUT2D eigenvalue weighted by Crippen LogP contribution is 2.25. The fourth-order valence-electron chi connectivity index (χ4n) is 1.77. The van der Waals surface area contributed by atoms with Crippen LogP contribution in [-0.4, -0.2) is 7.05 Å². The van der Waals surface area contributed by atoms with Gasteiger partial charge in [-0.05, 0) is 36.4 Å². The van der Waals surface area contributed by atoms with Crippen LogP contribution in [0.5, 0.6) is 0 Å². The molecule has 0 saturated heterocycles. The maximum absolute atomic E-state index is 12.9. The average molecular weight is 309 g/mol. The third-order valence-electron chi connectivity index (χ3n) is 2.82. The second kappa shape index (κ2) is 5.40. The van der Waals surface area contributed by atoms with Crippen molar-refractivity contribution in [3.8, 4) is 0 Å². The van der Waals surface area contributed by atoms with Crippen molar-refractivity contribution in [1.29, 1.82) is 0 Å². The normalized spacial score (nSPS) is 10.4. The molecular weight excluding hydrogens is 295 g/mol. The quantitative estimate of drug-likeness (QED) is 0.874. The summed E-state index contributed by atoms with van der Waals surface area (Å²) in [5, 5.41) is 0. The van der Waals surface area contributed by atoms with Crippen LogP contribution in [0.3, 0.4) is 0 Å². The number of rotatable bonds is 3. The molecule has 2 nitrogen and oxygen atoms in total. The van der Waals surface area contributed by atoms with Crippen molar-refractivity contribution < 1.29 is 4.39 Å². The van der Waals surface area contributed by atoms with E-state index < -0.39 is 0 Å². The molecule has 2 aromatic carbocycles. The minimum Gasteiger partial charge on any atom is -0.398 e. The van der Waals surface area contributed by atoms with E-state index in [2.05, 4.69) is 15.9 Å². The van der Waals surface area contributed by atoms with E-state index in [0.717, 1.165) is 21.4 Å². The number of benzene rings is 2. The lowest BCUT2D eigenvalue weighted by Crippen LogP contribution is -2.17. The smallest absolute Gasteiger partial charge is 0.123 e. The fourth-order valence-corrected chi connectivity index (χ4v) is 2.27. The van der Waals surface area contributed by atoms with Crippen molar-refractivity contribution in [1.82, 2.24) is 0 Å². The Bertz CT molecular complexity index is 520. The summed E-state index contributed by atoms with van der Waals surface area (Å²) in [5.74, 6) is -0.229. The molecule has 0 heterocycles. The average Bonchev–Trinajstić information content (AvgIpc) is 2.34. The fraction of sp³-hybridized carbons (Fsp3) is 0.143. The van der Waals surface area contributed by atoms with Crippen LogP contribution < -0.4 is 10.6 Å². The largest absolute Gasteiger partial charge is 0.398 e. The molecule has 0 aliphatic heterocycles. The summed E-state index contributed by atoms with van der Waals surface area (Å²) in [6.07, 6.45) is 0. The number of nitrogens with two attached hydrogens (primary N) is 1. The Morgan fingerprint density at radius 2 is 1.83 bits per heavy atom. The molecule has 0 amide bonds. The maximum atomic E-state index is 12.9. The Labute approximate surface area is 114 Å². The molecule has 18 heavy (non-hydrogen) atoms. The molecule has 0 saturated carbocycles. The van der Waals surface area contributed by atoms with Gasteiger partial charge in [0.1, 0.15) is 5.82 Å². The molecular formula is C14H14BrFN2. The van der Waals surface area contributed by atoms with Gasteiger partial charge in [0.15, 0.2) is 0 Å². The molecule has 0 atom stereocenters. The molecule has 4 heteroatoms. The first kappa shape index (κ1) is 12.9. The van der Waals surface area contributed by atoms with Gasteiger partial charge in [0, 0.05) is 35.0 Å². The van der Waals surface area contributed by atoms with Gasteiger partial charge in [-0.3, -0.25) is 0 Å². The van der Waals surface area contributed by atoms with Gasteiger partial charge in [-0.2, -0.15) is 0 Å². The van der Waals surface area contributed by atoms with E-state index >= 15 is 0 Å². The van der Waals surface area contributed by atoms with Crippen LogP contribution in [0.15, 0.2) is 46.9 Å². The second-order valence-corrected chi connectivity index (χ2v) is 4.99. The van der Waals surface area contributed by atoms with Crippen molar-refractivity contribution >= 4 is 27.3 Å². The number of nitrogen functional groups attached to an aromatic ring is 1. The van der Waals surface area contributed by atoms with Crippen LogP contribution in [0.4, 0.5) is 15.8 Å². The molecule has 0 spiro atoms. The zero-order valence-electron chi connectivity index (χ0n) is 10.0. The summed E-state index contributed by atoms with van der Waals surface area (Å²) < 4.78 is 13.8. The van der Waals surface area contributed by atoms with E-state index in [-0.39, 0.29) is 5.82 Å². The molecule has 2 rings (SSSR count). The molecule has 0 aliphatic rings. The van der Waals surface area contributed by atoms with Crippen LogP contribution in [0.1, 0.15) is 5.56 Å². The Morgan fingerprint density at radius 1 is 1.17 bits per heavy atom. The van der Waals surface area contributed by atoms with Gasteiger partial charge < -0.3 is 10.6 Å². The molecule has 0 aliphatic carbocycles. The van der Waals surface area contributed by atoms with Crippen molar-refractivity contribution in [3.63, 3.8) is 0 Å². The summed E-state index contributed by atoms with van der Waals surface area (Å²) in [4.78, 5) is 2.02. The van der Waals surface area contributed by atoms with Crippen molar-refractivity contribution in [2.24, 2.45) is 0 Å². The third kappa shape index (κ3) is 2.82. The van der Waals surface area contributed by atoms with Gasteiger partial charge in [0.2, 0.25) is 0 Å². The lowest BCUT2D eigenvalue weighted by atomic mass is 10.1. The molecule has 0 bridgehead atoms. The Balaban J connectivity index is 2.21. The van der Waals surface area contributed by atoms with Gasteiger partial charge in [-0.25, -0.2) is 4.39 Å². The standard InChI is InChI=1S/C14H14BrFN2/c1-18(11-7-5-10(16)6-8-11)9-12-13(15)3-2-4-14(12)17/h2-8H,9,17H2,1H3. The highest BCUT2D eigenvalue weighted by molar-refractivity contribution is 9.10. The second-order valence-electron chi connectivity index (χ2n) is 4.14. The summed E-state index contributed by atoms with van der Waals surface area (Å²) in [6, 6.07) is 12.2. The molecule has 2 N–H and O–H groups in total. The van der Waals surface area contributed by atoms with Gasteiger partial charge in [0.25, 0.3) is 0 Å². The summed E-state index contributed by atoms with van der Waals surface area (Å²) in [7, 11) is 1.95. The topological polar surface area (TPSA) is 29.3 Å². The van der Waals surface area contributed by atoms with Crippen LogP contribution in [0, 0.1) is 5.82 Å². The van der Waals surface area contributed by atoms with E-state index in [4.69, 9.17) is 5.73 Å². The minimum atomic E-state index is -0.229. The first-order valence-electron chi connectivity index (χ1n) is 5.57. The number of nitrogens with zero attached hydrogens (tertiary/aromatic N) is 1. The molecule has 0 aromatic heterocycles. The first-order valence-corrected chi connectivity index (χ1v) is 6.37. The van der Waals surface area contributed by atoms with Crippen molar-refractivity contribution in [2.75, 3.05) is 17.7 Å². The number of halogens is 2. The van der Waals surface area contributed by atoms with Gasteiger partial charge in [-0.1, -0.05) is 22.0 Å². The zero-order valence-corrected chi connectivity index (χ0v) is 11.6. The highest BCUT2D eigenvalue weighted by Gasteiger charge is 2.08. The predicted octanol–water partition coefficient (Wildman–Crippen LogP) is 3.81. The molecule has 0 fully saturated rings. The zero-order chi connectivity index (χ0) is 13.1. The predicted molar refractivity (Wildman–Crippen MR) is 77.1 cm³/mol. The van der Waals surface area contributed by atoms with E-state index in [9.17, 15) is 4.39 Å².